The molecule has 0 amide bonds. The fourth-order valence-electron chi connectivity index (χ4n) is 1.72. The molecule has 0 aliphatic carbocycles. The third-order valence-electron chi connectivity index (χ3n) is 2.89. The van der Waals surface area contributed by atoms with Gasteiger partial charge in [-0.25, -0.2) is 0 Å². The van der Waals surface area contributed by atoms with Gasteiger partial charge in [-0.2, -0.15) is 4.98 Å². The zero-order valence-corrected chi connectivity index (χ0v) is 12.3. The van der Waals surface area contributed by atoms with Crippen LogP contribution in [0.1, 0.15) is 49.8 Å². The molecule has 0 saturated heterocycles. The van der Waals surface area contributed by atoms with Gasteiger partial charge in [0.25, 0.3) is 0 Å². The van der Waals surface area contributed by atoms with Crippen LogP contribution in [0.4, 0.5) is 0 Å². The van der Waals surface area contributed by atoms with Crippen LogP contribution < -0.4 is 0 Å². The van der Waals surface area contributed by atoms with Crippen molar-refractivity contribution in [1.82, 2.24) is 10.1 Å². The Hall–Kier alpha value is -1.35. The smallest absolute Gasteiger partial charge is 0.249 e. The summed E-state index contributed by atoms with van der Waals surface area (Å²) >= 11 is 6.34. The summed E-state index contributed by atoms with van der Waals surface area (Å²) < 4.78 is 5.25. The number of rotatable bonds is 4. The molecule has 0 fully saturated rings. The maximum atomic E-state index is 6.34. The van der Waals surface area contributed by atoms with Crippen molar-refractivity contribution in [3.8, 4) is 0 Å². The van der Waals surface area contributed by atoms with Crippen molar-refractivity contribution in [3.05, 3.63) is 47.6 Å². The van der Waals surface area contributed by atoms with Crippen molar-refractivity contribution in [2.24, 2.45) is 5.41 Å². The number of aromatic nitrogens is 2. The molecule has 0 aliphatic heterocycles. The Labute approximate surface area is 119 Å². The van der Waals surface area contributed by atoms with Gasteiger partial charge in [-0.3, -0.25) is 0 Å². The predicted molar refractivity (Wildman–Crippen MR) is 76.2 cm³/mol. The third-order valence-corrected chi connectivity index (χ3v) is 3.33. The van der Waals surface area contributed by atoms with Crippen molar-refractivity contribution < 1.29 is 4.52 Å². The maximum Gasteiger partial charge on any atom is 0.249 e. The second kappa shape index (κ2) is 5.74. The number of aryl methyl sites for hydroxylation is 1. The molecule has 4 heteroatoms. The molecular formula is C15H19ClN2O. The van der Waals surface area contributed by atoms with Crippen LogP contribution in [0.25, 0.3) is 0 Å². The first-order chi connectivity index (χ1) is 8.96. The van der Waals surface area contributed by atoms with E-state index >= 15 is 0 Å². The van der Waals surface area contributed by atoms with E-state index in [0.29, 0.717) is 5.89 Å². The first-order valence-corrected chi connectivity index (χ1v) is 6.91. The molecule has 0 aliphatic rings. The Morgan fingerprint density at radius 1 is 1.21 bits per heavy atom. The summed E-state index contributed by atoms with van der Waals surface area (Å²) in [5.74, 6) is 1.20. The second-order valence-electron chi connectivity index (χ2n) is 5.88. The van der Waals surface area contributed by atoms with E-state index in [9.17, 15) is 0 Å². The summed E-state index contributed by atoms with van der Waals surface area (Å²) in [6.45, 7) is 6.59. The highest BCUT2D eigenvalue weighted by Gasteiger charge is 2.19. The van der Waals surface area contributed by atoms with E-state index in [4.69, 9.17) is 16.1 Å². The first-order valence-electron chi connectivity index (χ1n) is 6.47. The van der Waals surface area contributed by atoms with Crippen molar-refractivity contribution in [2.75, 3.05) is 0 Å². The quantitative estimate of drug-likeness (QED) is 0.779. The molecule has 0 saturated carbocycles. The van der Waals surface area contributed by atoms with Gasteiger partial charge in [-0.1, -0.05) is 56.3 Å². The Morgan fingerprint density at radius 3 is 2.53 bits per heavy atom. The zero-order chi connectivity index (χ0) is 13.9. The van der Waals surface area contributed by atoms with Gasteiger partial charge < -0.3 is 4.52 Å². The summed E-state index contributed by atoms with van der Waals surface area (Å²) in [4.78, 5) is 4.38. The minimum absolute atomic E-state index is 0.264. The van der Waals surface area contributed by atoms with Crippen LogP contribution >= 0.6 is 11.6 Å². The summed E-state index contributed by atoms with van der Waals surface area (Å²) in [7, 11) is 0. The third kappa shape index (κ3) is 4.06. The van der Waals surface area contributed by atoms with Crippen LogP contribution in [0.5, 0.6) is 0 Å². The Morgan fingerprint density at radius 2 is 1.89 bits per heavy atom. The fourth-order valence-corrected chi connectivity index (χ4v) is 1.96. The lowest BCUT2D eigenvalue weighted by atomic mass is 9.90. The summed E-state index contributed by atoms with van der Waals surface area (Å²) in [5, 5.41) is 3.62. The molecule has 2 aromatic rings. The number of nitrogens with zero attached hydrogens (tertiary/aromatic N) is 2. The molecule has 1 heterocycles. The van der Waals surface area contributed by atoms with Crippen molar-refractivity contribution in [3.63, 3.8) is 0 Å². The summed E-state index contributed by atoms with van der Waals surface area (Å²) in [5.41, 5.74) is 1.23. The second-order valence-corrected chi connectivity index (χ2v) is 6.32. The van der Waals surface area contributed by atoms with E-state index in [1.807, 2.05) is 30.3 Å². The molecule has 0 radical (unpaired) electrons. The van der Waals surface area contributed by atoms with E-state index in [0.717, 1.165) is 24.2 Å². The summed E-state index contributed by atoms with van der Waals surface area (Å²) in [6.07, 6.45) is 1.83. The molecular weight excluding hydrogens is 260 g/mol. The SMILES string of the molecule is CC(C)(C)CCc1noc(C(Cl)c2ccccc2)n1. The lowest BCUT2D eigenvalue weighted by Gasteiger charge is -2.15. The van der Waals surface area contributed by atoms with E-state index in [1.165, 1.54) is 0 Å². The monoisotopic (exact) mass is 278 g/mol. The van der Waals surface area contributed by atoms with Crippen LogP contribution in [0.15, 0.2) is 34.9 Å². The van der Waals surface area contributed by atoms with Crippen molar-refractivity contribution in [1.29, 1.82) is 0 Å². The van der Waals surface area contributed by atoms with Crippen molar-refractivity contribution >= 4 is 11.6 Å². The minimum atomic E-state index is -0.378. The number of alkyl halides is 1. The molecule has 2 rings (SSSR count). The van der Waals surface area contributed by atoms with E-state index in [1.54, 1.807) is 0 Å². The van der Waals surface area contributed by atoms with Crippen LogP contribution in [-0.2, 0) is 6.42 Å². The van der Waals surface area contributed by atoms with Crippen LogP contribution in [0.2, 0.25) is 0 Å². The van der Waals surface area contributed by atoms with Gasteiger partial charge in [0.05, 0.1) is 0 Å². The van der Waals surface area contributed by atoms with Gasteiger partial charge in [0, 0.05) is 6.42 Å². The standard InChI is InChI=1S/C15H19ClN2O/c1-15(2,3)10-9-12-17-14(19-18-12)13(16)11-7-5-4-6-8-11/h4-8,13H,9-10H2,1-3H3. The normalized spacial score (nSPS) is 13.5. The number of benzene rings is 1. The fraction of sp³-hybridized carbons (Fsp3) is 0.467. The van der Waals surface area contributed by atoms with E-state index in [-0.39, 0.29) is 10.8 Å². The average Bonchev–Trinajstić information content (AvgIpc) is 2.84. The minimum Gasteiger partial charge on any atom is -0.337 e. The first kappa shape index (κ1) is 14.1. The molecule has 1 aromatic heterocycles. The molecule has 19 heavy (non-hydrogen) atoms. The summed E-state index contributed by atoms with van der Waals surface area (Å²) in [6, 6.07) is 9.76. The lowest BCUT2D eigenvalue weighted by Crippen LogP contribution is -2.07. The lowest BCUT2D eigenvalue weighted by molar-refractivity contribution is 0.356. The molecule has 0 bridgehead atoms. The highest BCUT2D eigenvalue weighted by Crippen LogP contribution is 2.27. The molecule has 1 unspecified atom stereocenters. The molecule has 0 N–H and O–H groups in total. The van der Waals surface area contributed by atoms with E-state index in [2.05, 4.69) is 30.9 Å². The van der Waals surface area contributed by atoms with Gasteiger partial charge in [0.15, 0.2) is 5.82 Å². The zero-order valence-electron chi connectivity index (χ0n) is 11.6. The van der Waals surface area contributed by atoms with E-state index < -0.39 is 0 Å². The number of hydrogen-bond acceptors (Lipinski definition) is 3. The van der Waals surface area contributed by atoms with Crippen LogP contribution in [0.3, 0.4) is 0 Å². The maximum absolute atomic E-state index is 6.34. The largest absolute Gasteiger partial charge is 0.337 e. The van der Waals surface area contributed by atoms with Gasteiger partial charge in [0.2, 0.25) is 5.89 Å². The predicted octanol–water partition coefficient (Wildman–Crippen LogP) is 4.38. The topological polar surface area (TPSA) is 38.9 Å². The Bertz CT molecular complexity index is 516. The molecule has 1 atom stereocenters. The highest BCUT2D eigenvalue weighted by molar-refractivity contribution is 6.22. The van der Waals surface area contributed by atoms with Gasteiger partial charge in [-0.05, 0) is 17.4 Å². The van der Waals surface area contributed by atoms with Gasteiger partial charge in [-0.15, -0.1) is 11.6 Å². The van der Waals surface area contributed by atoms with Crippen molar-refractivity contribution in [2.45, 2.75) is 39.0 Å². The molecule has 1 aromatic carbocycles. The Balaban J connectivity index is 2.05. The van der Waals surface area contributed by atoms with Crippen LogP contribution in [-0.4, -0.2) is 10.1 Å². The van der Waals surface area contributed by atoms with Gasteiger partial charge >= 0.3 is 0 Å². The Kier molecular flexibility index (Phi) is 4.25. The number of halogens is 1. The molecule has 3 nitrogen and oxygen atoms in total. The van der Waals surface area contributed by atoms with Crippen LogP contribution in [0, 0.1) is 5.41 Å². The van der Waals surface area contributed by atoms with Gasteiger partial charge in [0.1, 0.15) is 5.38 Å². The number of hydrogen-bond donors (Lipinski definition) is 0. The molecule has 0 spiro atoms. The average molecular weight is 279 g/mol. The highest BCUT2D eigenvalue weighted by atomic mass is 35.5. The molecule has 102 valence electrons.